The molecule has 0 aromatic rings. The highest BCUT2D eigenvalue weighted by molar-refractivity contribution is 5.22. The average molecular weight is 140 g/mol. The van der Waals surface area contributed by atoms with Gasteiger partial charge in [0, 0.05) is 19.8 Å². The smallest absolute Gasteiger partial charge is 0.0411 e. The Bertz CT molecular complexity index is 129. The van der Waals surface area contributed by atoms with Crippen LogP contribution in [-0.2, 0) is 0 Å². The highest BCUT2D eigenvalue weighted by atomic mass is 15.4. The fourth-order valence-corrected chi connectivity index (χ4v) is 1.51. The Morgan fingerprint density at radius 1 is 1.50 bits per heavy atom. The summed E-state index contributed by atoms with van der Waals surface area (Å²) in [6, 6.07) is 0. The van der Waals surface area contributed by atoms with Gasteiger partial charge in [0.1, 0.15) is 0 Å². The van der Waals surface area contributed by atoms with Crippen LogP contribution < -0.4 is 0 Å². The van der Waals surface area contributed by atoms with Gasteiger partial charge in [0.15, 0.2) is 0 Å². The van der Waals surface area contributed by atoms with Gasteiger partial charge < -0.3 is 0 Å². The lowest BCUT2D eigenvalue weighted by Gasteiger charge is -2.35. The molecular weight excluding hydrogens is 124 g/mol. The molecule has 0 aromatic heterocycles. The zero-order chi connectivity index (χ0) is 7.61. The third kappa shape index (κ3) is 1.72. The Morgan fingerprint density at radius 2 is 2.20 bits per heavy atom. The third-order valence-electron chi connectivity index (χ3n) is 2.08. The van der Waals surface area contributed by atoms with Crippen molar-refractivity contribution in [3.8, 4) is 0 Å². The van der Waals surface area contributed by atoms with Gasteiger partial charge in [-0.05, 0) is 18.3 Å². The summed E-state index contributed by atoms with van der Waals surface area (Å²) in [6.07, 6.45) is 2.57. The first-order valence-corrected chi connectivity index (χ1v) is 3.86. The molecule has 0 unspecified atom stereocenters. The first-order chi connectivity index (χ1) is 4.64. The molecule has 1 aliphatic heterocycles. The van der Waals surface area contributed by atoms with Crippen LogP contribution >= 0.6 is 0 Å². The molecule has 0 aromatic carbocycles. The van der Waals surface area contributed by atoms with Crippen LogP contribution in [0.25, 0.3) is 0 Å². The zero-order valence-electron chi connectivity index (χ0n) is 6.93. The van der Waals surface area contributed by atoms with Crippen LogP contribution in [0, 0.1) is 5.41 Å². The fraction of sp³-hybridized carbons (Fsp3) is 0.875. The second kappa shape index (κ2) is 2.60. The second-order valence-electron chi connectivity index (χ2n) is 3.80. The number of hydrogen-bond acceptors (Lipinski definition) is 2. The van der Waals surface area contributed by atoms with E-state index in [4.69, 9.17) is 0 Å². The van der Waals surface area contributed by atoms with Crippen molar-refractivity contribution < 1.29 is 0 Å². The molecule has 1 saturated heterocycles. The number of hydrogen-bond donors (Lipinski definition) is 0. The minimum absolute atomic E-state index is 0.444. The Hall–Kier alpha value is -0.530. The summed E-state index contributed by atoms with van der Waals surface area (Å²) in [6.45, 7) is 10.2. The number of rotatable bonds is 1. The Kier molecular flexibility index (Phi) is 1.97. The summed E-state index contributed by atoms with van der Waals surface area (Å²) in [5, 5.41) is 5.99. The van der Waals surface area contributed by atoms with E-state index in [9.17, 15) is 0 Å². The maximum Gasteiger partial charge on any atom is 0.0411 e. The highest BCUT2D eigenvalue weighted by Gasteiger charge is 2.24. The quantitative estimate of drug-likeness (QED) is 0.506. The molecule has 0 radical (unpaired) electrons. The normalized spacial score (nSPS) is 24.4. The van der Waals surface area contributed by atoms with Crippen molar-refractivity contribution in [2.24, 2.45) is 10.5 Å². The van der Waals surface area contributed by atoms with Crippen molar-refractivity contribution in [2.45, 2.75) is 26.7 Å². The predicted molar refractivity (Wildman–Crippen MR) is 44.1 cm³/mol. The van der Waals surface area contributed by atoms with E-state index in [-0.39, 0.29) is 0 Å². The molecule has 0 bridgehead atoms. The van der Waals surface area contributed by atoms with Gasteiger partial charge in [-0.25, -0.2) is 0 Å². The fourth-order valence-electron chi connectivity index (χ4n) is 1.51. The van der Waals surface area contributed by atoms with Crippen LogP contribution in [0.2, 0.25) is 0 Å². The summed E-state index contributed by atoms with van der Waals surface area (Å²) < 4.78 is 0. The van der Waals surface area contributed by atoms with E-state index in [1.807, 2.05) is 0 Å². The molecule has 2 heteroatoms. The summed E-state index contributed by atoms with van der Waals surface area (Å²) in [7, 11) is 0. The molecule has 1 heterocycles. The largest absolute Gasteiger partial charge is 0.297 e. The molecule has 0 saturated carbocycles. The molecule has 0 atom stereocenters. The van der Waals surface area contributed by atoms with Crippen LogP contribution in [0.4, 0.5) is 0 Å². The van der Waals surface area contributed by atoms with Crippen molar-refractivity contribution in [1.29, 1.82) is 0 Å². The predicted octanol–water partition coefficient (Wildman–Crippen LogP) is 1.72. The summed E-state index contributed by atoms with van der Waals surface area (Å²) in [5.41, 5.74) is 0.444. The van der Waals surface area contributed by atoms with Crippen molar-refractivity contribution in [3.63, 3.8) is 0 Å². The van der Waals surface area contributed by atoms with E-state index in [2.05, 4.69) is 30.7 Å². The van der Waals surface area contributed by atoms with Crippen LogP contribution in [0.5, 0.6) is 0 Å². The van der Waals surface area contributed by atoms with Crippen molar-refractivity contribution >= 4 is 6.72 Å². The lowest BCUT2D eigenvalue weighted by molar-refractivity contribution is 0.123. The van der Waals surface area contributed by atoms with Crippen LogP contribution in [-0.4, -0.2) is 24.8 Å². The van der Waals surface area contributed by atoms with Gasteiger partial charge in [0.05, 0.1) is 0 Å². The molecule has 58 valence electrons. The van der Waals surface area contributed by atoms with Gasteiger partial charge in [0.2, 0.25) is 0 Å². The molecule has 0 amide bonds. The Balaban J connectivity index is 2.47. The number of hydrazone groups is 1. The molecule has 1 rings (SSSR count). The van der Waals surface area contributed by atoms with Crippen LogP contribution in [0.15, 0.2) is 5.10 Å². The van der Waals surface area contributed by atoms with E-state index in [0.717, 1.165) is 13.1 Å². The van der Waals surface area contributed by atoms with E-state index in [1.165, 1.54) is 12.8 Å². The molecule has 1 aliphatic rings. The monoisotopic (exact) mass is 140 g/mol. The Morgan fingerprint density at radius 3 is 2.60 bits per heavy atom. The van der Waals surface area contributed by atoms with Crippen molar-refractivity contribution in [2.75, 3.05) is 13.1 Å². The first-order valence-electron chi connectivity index (χ1n) is 3.86. The molecule has 1 fully saturated rings. The minimum atomic E-state index is 0.444. The van der Waals surface area contributed by atoms with Gasteiger partial charge in [-0.1, -0.05) is 13.8 Å². The van der Waals surface area contributed by atoms with Gasteiger partial charge in [-0.2, -0.15) is 5.10 Å². The van der Waals surface area contributed by atoms with E-state index < -0.39 is 0 Å². The molecular formula is C8H16N2. The zero-order valence-corrected chi connectivity index (χ0v) is 6.93. The number of piperidine rings is 1. The van der Waals surface area contributed by atoms with Crippen molar-refractivity contribution in [3.05, 3.63) is 0 Å². The van der Waals surface area contributed by atoms with Crippen LogP contribution in [0.3, 0.4) is 0 Å². The van der Waals surface area contributed by atoms with E-state index >= 15 is 0 Å². The SMILES string of the molecule is C=NN1CCCC(C)(C)C1. The van der Waals surface area contributed by atoms with E-state index in [1.54, 1.807) is 0 Å². The molecule has 0 aliphatic carbocycles. The van der Waals surface area contributed by atoms with Gasteiger partial charge >= 0.3 is 0 Å². The molecule has 10 heavy (non-hydrogen) atoms. The molecule has 0 spiro atoms. The second-order valence-corrected chi connectivity index (χ2v) is 3.80. The van der Waals surface area contributed by atoms with Gasteiger partial charge in [-0.3, -0.25) is 5.01 Å². The third-order valence-corrected chi connectivity index (χ3v) is 2.08. The lowest BCUT2D eigenvalue weighted by atomic mass is 9.85. The molecule has 2 nitrogen and oxygen atoms in total. The van der Waals surface area contributed by atoms with E-state index in [0.29, 0.717) is 5.41 Å². The summed E-state index contributed by atoms with van der Waals surface area (Å²) in [4.78, 5) is 0. The summed E-state index contributed by atoms with van der Waals surface area (Å²) >= 11 is 0. The lowest BCUT2D eigenvalue weighted by Crippen LogP contribution is -2.36. The maximum atomic E-state index is 3.93. The van der Waals surface area contributed by atoms with Gasteiger partial charge in [0.25, 0.3) is 0 Å². The number of nitrogens with zero attached hydrogens (tertiary/aromatic N) is 2. The summed E-state index contributed by atoms with van der Waals surface area (Å²) in [5.74, 6) is 0. The van der Waals surface area contributed by atoms with Crippen LogP contribution in [0.1, 0.15) is 26.7 Å². The maximum absolute atomic E-state index is 3.93. The minimum Gasteiger partial charge on any atom is -0.297 e. The Labute approximate surface area is 62.9 Å². The van der Waals surface area contributed by atoms with Crippen molar-refractivity contribution in [1.82, 2.24) is 5.01 Å². The van der Waals surface area contributed by atoms with Gasteiger partial charge in [-0.15, -0.1) is 0 Å². The highest BCUT2D eigenvalue weighted by Crippen LogP contribution is 2.27. The molecule has 0 N–H and O–H groups in total. The standard InChI is InChI=1S/C8H16N2/c1-8(2)5-4-6-10(7-8)9-3/h3-7H2,1-2H3. The first kappa shape index (κ1) is 7.58. The topological polar surface area (TPSA) is 15.6 Å². The average Bonchev–Trinajstić information content (AvgIpc) is 1.86.